The third kappa shape index (κ3) is 4.43. The fraction of sp³-hybridized carbons (Fsp3) is 0.167. The van der Waals surface area contributed by atoms with E-state index in [-0.39, 0.29) is 0 Å². The van der Waals surface area contributed by atoms with Crippen molar-refractivity contribution in [2.75, 3.05) is 19.5 Å². The van der Waals surface area contributed by atoms with Crippen molar-refractivity contribution in [1.82, 2.24) is 0 Å². The molecule has 6 heteroatoms. The Morgan fingerprint density at radius 1 is 1.12 bits per heavy atom. The highest BCUT2D eigenvalue weighted by Gasteiger charge is 2.13. The topological polar surface area (TPSA) is 56.8 Å². The fourth-order valence-electron chi connectivity index (χ4n) is 2.10. The molecule has 0 spiro atoms. The largest absolute Gasteiger partial charge is 0.495 e. The molecule has 5 nitrogen and oxygen atoms in total. The molecule has 0 aliphatic heterocycles. The zero-order valence-corrected chi connectivity index (χ0v) is 14.2. The molecule has 0 aromatic heterocycles. The molecule has 0 bridgehead atoms. The Kier molecular flexibility index (Phi) is 6.09. The van der Waals surface area contributed by atoms with Gasteiger partial charge in [-0.3, -0.25) is 5.32 Å². The van der Waals surface area contributed by atoms with Crippen molar-refractivity contribution in [3.8, 4) is 17.2 Å². The lowest BCUT2D eigenvalue weighted by Crippen LogP contribution is -2.17. The van der Waals surface area contributed by atoms with E-state index in [1.165, 1.54) is 14.2 Å². The van der Waals surface area contributed by atoms with Crippen LogP contribution in [0.3, 0.4) is 0 Å². The maximum absolute atomic E-state index is 12.1. The van der Waals surface area contributed by atoms with E-state index in [1.54, 1.807) is 36.4 Å². The number of anilines is 1. The van der Waals surface area contributed by atoms with E-state index in [2.05, 4.69) is 11.9 Å². The first kappa shape index (κ1) is 17.7. The minimum atomic E-state index is -0.676. The molecule has 0 aliphatic rings. The first-order chi connectivity index (χ1) is 11.6. The number of hydrogen-bond acceptors (Lipinski definition) is 4. The predicted molar refractivity (Wildman–Crippen MR) is 94.5 cm³/mol. The van der Waals surface area contributed by atoms with E-state index in [1.807, 2.05) is 6.07 Å². The van der Waals surface area contributed by atoms with Crippen molar-refractivity contribution in [1.29, 1.82) is 0 Å². The van der Waals surface area contributed by atoms with E-state index < -0.39 is 6.09 Å². The molecule has 0 fully saturated rings. The highest BCUT2D eigenvalue weighted by atomic mass is 35.5. The number of carbonyl (C=O) groups excluding carboxylic acids is 1. The SMILES string of the molecule is C=CCc1ccc(OC(=O)Nc2cc(Cl)ccc2OC)c(OC)c1. The van der Waals surface area contributed by atoms with Crippen molar-refractivity contribution < 1.29 is 19.0 Å². The fourth-order valence-corrected chi connectivity index (χ4v) is 2.28. The summed E-state index contributed by atoms with van der Waals surface area (Å²) in [5.74, 6) is 1.25. The van der Waals surface area contributed by atoms with E-state index in [0.717, 1.165) is 5.56 Å². The van der Waals surface area contributed by atoms with Crippen LogP contribution in [0, 0.1) is 0 Å². The number of ether oxygens (including phenoxy) is 3. The minimum Gasteiger partial charge on any atom is -0.495 e. The van der Waals surface area contributed by atoms with Crippen molar-refractivity contribution >= 4 is 23.4 Å². The van der Waals surface area contributed by atoms with Crippen LogP contribution < -0.4 is 19.5 Å². The van der Waals surface area contributed by atoms with Crippen LogP contribution in [-0.2, 0) is 6.42 Å². The Morgan fingerprint density at radius 2 is 1.83 bits per heavy atom. The molecule has 0 aliphatic carbocycles. The second kappa shape index (κ2) is 8.26. The second-order valence-electron chi connectivity index (χ2n) is 4.84. The van der Waals surface area contributed by atoms with Gasteiger partial charge in [0.05, 0.1) is 19.9 Å². The lowest BCUT2D eigenvalue weighted by atomic mass is 10.1. The lowest BCUT2D eigenvalue weighted by molar-refractivity contribution is 0.213. The van der Waals surface area contributed by atoms with Gasteiger partial charge in [0.2, 0.25) is 0 Å². The molecule has 1 N–H and O–H groups in total. The Hall–Kier alpha value is -2.66. The van der Waals surface area contributed by atoms with E-state index in [9.17, 15) is 4.79 Å². The molecule has 2 aromatic rings. The van der Waals surface area contributed by atoms with Gasteiger partial charge in [-0.15, -0.1) is 6.58 Å². The summed E-state index contributed by atoms with van der Waals surface area (Å²) in [5.41, 5.74) is 1.42. The summed E-state index contributed by atoms with van der Waals surface area (Å²) < 4.78 is 15.8. The molecular formula is C18H18ClNO4. The molecule has 0 saturated carbocycles. The number of nitrogens with one attached hydrogen (secondary N) is 1. The van der Waals surface area contributed by atoms with Gasteiger partial charge in [0, 0.05) is 5.02 Å². The molecular weight excluding hydrogens is 330 g/mol. The first-order valence-electron chi connectivity index (χ1n) is 7.17. The van der Waals surface area contributed by atoms with Crippen molar-refractivity contribution in [3.63, 3.8) is 0 Å². The average molecular weight is 348 g/mol. The summed E-state index contributed by atoms with van der Waals surface area (Å²) >= 11 is 5.94. The Morgan fingerprint density at radius 3 is 2.50 bits per heavy atom. The lowest BCUT2D eigenvalue weighted by Gasteiger charge is -2.13. The molecule has 0 saturated heterocycles. The Labute approximate surface area is 145 Å². The van der Waals surface area contributed by atoms with E-state index in [0.29, 0.717) is 34.4 Å². The quantitative estimate of drug-likeness (QED) is 0.770. The van der Waals surface area contributed by atoms with Crippen LogP contribution in [-0.4, -0.2) is 20.3 Å². The average Bonchev–Trinajstić information content (AvgIpc) is 2.56. The number of carbonyl (C=O) groups is 1. The zero-order chi connectivity index (χ0) is 17.5. The Balaban J connectivity index is 2.15. The third-order valence-electron chi connectivity index (χ3n) is 3.21. The highest BCUT2D eigenvalue weighted by molar-refractivity contribution is 6.31. The van der Waals surface area contributed by atoms with Gasteiger partial charge in [-0.05, 0) is 42.3 Å². The number of methoxy groups -OCH3 is 2. The number of benzene rings is 2. The van der Waals surface area contributed by atoms with Gasteiger partial charge in [0.15, 0.2) is 11.5 Å². The smallest absolute Gasteiger partial charge is 0.417 e. The number of rotatable bonds is 6. The number of halogens is 1. The van der Waals surface area contributed by atoms with Gasteiger partial charge in [-0.1, -0.05) is 23.7 Å². The number of hydrogen-bond donors (Lipinski definition) is 1. The second-order valence-corrected chi connectivity index (χ2v) is 5.27. The maximum Gasteiger partial charge on any atom is 0.417 e. The monoisotopic (exact) mass is 347 g/mol. The normalized spacial score (nSPS) is 9.96. The number of amides is 1. The van der Waals surface area contributed by atoms with E-state index >= 15 is 0 Å². The molecule has 2 aromatic carbocycles. The predicted octanol–water partition coefficient (Wildman–Crippen LogP) is 4.70. The highest BCUT2D eigenvalue weighted by Crippen LogP contribution is 2.30. The van der Waals surface area contributed by atoms with Gasteiger partial charge < -0.3 is 14.2 Å². The van der Waals surface area contributed by atoms with Crippen LogP contribution in [0.1, 0.15) is 5.56 Å². The van der Waals surface area contributed by atoms with Crippen molar-refractivity contribution in [2.45, 2.75) is 6.42 Å². The summed E-state index contributed by atoms with van der Waals surface area (Å²) in [5, 5.41) is 3.07. The summed E-state index contributed by atoms with van der Waals surface area (Å²) in [7, 11) is 3.01. The van der Waals surface area contributed by atoms with Gasteiger partial charge in [0.1, 0.15) is 5.75 Å². The van der Waals surface area contributed by atoms with Gasteiger partial charge in [-0.25, -0.2) is 4.79 Å². The zero-order valence-electron chi connectivity index (χ0n) is 13.5. The van der Waals surface area contributed by atoms with Crippen molar-refractivity contribution in [3.05, 3.63) is 59.6 Å². The van der Waals surface area contributed by atoms with Gasteiger partial charge >= 0.3 is 6.09 Å². The third-order valence-corrected chi connectivity index (χ3v) is 3.44. The summed E-state index contributed by atoms with van der Waals surface area (Å²) in [6.07, 6.45) is 1.81. The van der Waals surface area contributed by atoms with Crippen LogP contribution in [0.4, 0.5) is 10.5 Å². The maximum atomic E-state index is 12.1. The van der Waals surface area contributed by atoms with E-state index in [4.69, 9.17) is 25.8 Å². The summed E-state index contributed by atoms with van der Waals surface area (Å²) in [4.78, 5) is 12.1. The minimum absolute atomic E-state index is 0.309. The first-order valence-corrected chi connectivity index (χ1v) is 7.55. The molecule has 0 atom stereocenters. The van der Waals surface area contributed by atoms with Crippen LogP contribution in [0.5, 0.6) is 17.2 Å². The molecule has 0 unspecified atom stereocenters. The van der Waals surface area contributed by atoms with Crippen LogP contribution >= 0.6 is 11.6 Å². The standard InChI is InChI=1S/C18H18ClNO4/c1-4-5-12-6-8-16(17(10-12)23-3)24-18(21)20-14-11-13(19)7-9-15(14)22-2/h4,6-11H,1,5H2,2-3H3,(H,20,21). The number of allylic oxidation sites excluding steroid dienone is 1. The van der Waals surface area contributed by atoms with Crippen molar-refractivity contribution in [2.24, 2.45) is 0 Å². The molecule has 0 radical (unpaired) electrons. The molecule has 126 valence electrons. The van der Waals surface area contributed by atoms with Crippen LogP contribution in [0.15, 0.2) is 49.1 Å². The van der Waals surface area contributed by atoms with Gasteiger partial charge in [0.25, 0.3) is 0 Å². The molecule has 0 heterocycles. The summed E-state index contributed by atoms with van der Waals surface area (Å²) in [6.45, 7) is 3.69. The van der Waals surface area contributed by atoms with Crippen LogP contribution in [0.25, 0.3) is 0 Å². The molecule has 2 rings (SSSR count). The van der Waals surface area contributed by atoms with Gasteiger partial charge in [-0.2, -0.15) is 0 Å². The molecule has 1 amide bonds. The Bertz CT molecular complexity index is 746. The summed E-state index contributed by atoms with van der Waals surface area (Å²) in [6, 6.07) is 10.2. The van der Waals surface area contributed by atoms with Crippen LogP contribution in [0.2, 0.25) is 5.02 Å². The molecule has 24 heavy (non-hydrogen) atoms.